The van der Waals surface area contributed by atoms with Gasteiger partial charge in [0.1, 0.15) is 17.0 Å². The zero-order valence-corrected chi connectivity index (χ0v) is 19.9. The van der Waals surface area contributed by atoms with Crippen LogP contribution in [-0.4, -0.2) is 69.5 Å². The fourth-order valence-corrected chi connectivity index (χ4v) is 3.97. The zero-order chi connectivity index (χ0) is 25.8. The lowest BCUT2D eigenvalue weighted by atomic mass is 10.1. The molecule has 0 aliphatic carbocycles. The van der Waals surface area contributed by atoms with Crippen molar-refractivity contribution in [3.63, 3.8) is 0 Å². The first-order chi connectivity index (χ1) is 17.4. The van der Waals surface area contributed by atoms with Gasteiger partial charge in [-0.2, -0.15) is 5.10 Å². The van der Waals surface area contributed by atoms with Gasteiger partial charge in [0.25, 0.3) is 18.2 Å². The normalized spacial score (nSPS) is 14.3. The van der Waals surface area contributed by atoms with Gasteiger partial charge in [0.2, 0.25) is 0 Å². The van der Waals surface area contributed by atoms with Gasteiger partial charge in [-0.15, -0.1) is 0 Å². The largest absolute Gasteiger partial charge is 0.497 e. The van der Waals surface area contributed by atoms with Crippen LogP contribution in [0, 0.1) is 0 Å². The van der Waals surface area contributed by atoms with E-state index >= 15 is 0 Å². The number of benzene rings is 1. The summed E-state index contributed by atoms with van der Waals surface area (Å²) in [5.74, 6) is 0.0738. The first kappa shape index (κ1) is 24.8. The molecule has 0 N–H and O–H groups in total. The number of hydrogen-bond acceptors (Lipinski definition) is 6. The molecule has 1 saturated heterocycles. The third kappa shape index (κ3) is 4.77. The third-order valence-electron chi connectivity index (χ3n) is 5.88. The quantitative estimate of drug-likeness (QED) is 0.365. The third-order valence-corrected chi connectivity index (χ3v) is 5.88. The van der Waals surface area contributed by atoms with Gasteiger partial charge < -0.3 is 19.3 Å². The van der Waals surface area contributed by atoms with Crippen molar-refractivity contribution < 1.29 is 27.8 Å². The molecule has 0 atom stereocenters. The molecule has 0 bridgehead atoms. The van der Waals surface area contributed by atoms with Crippen LogP contribution < -0.4 is 4.74 Å². The molecular weight excluding hydrogens is 472 g/mol. The number of alkyl halides is 2. The summed E-state index contributed by atoms with van der Waals surface area (Å²) in [4.78, 5) is 33.6. The van der Waals surface area contributed by atoms with Gasteiger partial charge in [-0.05, 0) is 43.3 Å². The van der Waals surface area contributed by atoms with Crippen LogP contribution in [0.1, 0.15) is 29.4 Å². The summed E-state index contributed by atoms with van der Waals surface area (Å²) in [7, 11) is 1.53. The Balaban J connectivity index is 1.60. The number of halogens is 2. The molecule has 0 radical (unpaired) electrons. The Morgan fingerprint density at radius 1 is 1.11 bits per heavy atom. The summed E-state index contributed by atoms with van der Waals surface area (Å²) in [5.41, 5.74) is 0.648. The summed E-state index contributed by atoms with van der Waals surface area (Å²) in [6.45, 7) is 6.23. The predicted molar refractivity (Wildman–Crippen MR) is 127 cm³/mol. The number of methoxy groups -OCH3 is 1. The molecule has 0 spiro atoms. The molecular formula is C25H25F2N5O4. The molecule has 4 rings (SSSR count). The van der Waals surface area contributed by atoms with Crippen LogP contribution in [0.3, 0.4) is 0 Å². The van der Waals surface area contributed by atoms with E-state index in [0.717, 1.165) is 4.52 Å². The van der Waals surface area contributed by atoms with Gasteiger partial charge in [-0.3, -0.25) is 9.59 Å². The highest BCUT2D eigenvalue weighted by atomic mass is 19.3. The van der Waals surface area contributed by atoms with Crippen LogP contribution in [0.5, 0.6) is 5.75 Å². The van der Waals surface area contributed by atoms with E-state index in [9.17, 15) is 18.4 Å². The lowest BCUT2D eigenvalue weighted by Gasteiger charge is -2.34. The molecule has 0 unspecified atom stereocenters. The second kappa shape index (κ2) is 10.5. The highest BCUT2D eigenvalue weighted by Gasteiger charge is 2.29. The van der Waals surface area contributed by atoms with Gasteiger partial charge in [0.15, 0.2) is 11.4 Å². The van der Waals surface area contributed by atoms with Crippen molar-refractivity contribution in [2.45, 2.75) is 13.3 Å². The fraction of sp³-hybridized carbons (Fsp3) is 0.280. The lowest BCUT2D eigenvalue weighted by molar-refractivity contribution is -0.131. The second-order valence-electron chi connectivity index (χ2n) is 7.91. The highest BCUT2D eigenvalue weighted by Crippen LogP contribution is 2.28. The Hall–Kier alpha value is -4.28. The van der Waals surface area contributed by atoms with Crippen molar-refractivity contribution in [3.05, 3.63) is 72.5 Å². The predicted octanol–water partition coefficient (Wildman–Crippen LogP) is 3.69. The van der Waals surface area contributed by atoms with Gasteiger partial charge in [-0.1, -0.05) is 6.58 Å². The van der Waals surface area contributed by atoms with Crippen LogP contribution in [0.25, 0.3) is 16.9 Å². The Morgan fingerprint density at radius 3 is 2.36 bits per heavy atom. The first-order valence-corrected chi connectivity index (χ1v) is 11.2. The van der Waals surface area contributed by atoms with E-state index in [0.29, 0.717) is 11.3 Å². The number of carbonyl (C=O) groups is 2. The molecule has 36 heavy (non-hydrogen) atoms. The van der Waals surface area contributed by atoms with E-state index in [-0.39, 0.29) is 60.4 Å². The second-order valence-corrected chi connectivity index (χ2v) is 7.91. The molecule has 1 aromatic carbocycles. The highest BCUT2D eigenvalue weighted by molar-refractivity contribution is 6.00. The molecule has 1 aliphatic rings. The molecule has 2 amide bonds. The number of rotatable bonds is 7. The van der Waals surface area contributed by atoms with Gasteiger partial charge in [-0.25, -0.2) is 18.3 Å². The minimum absolute atomic E-state index is 0.0395. The van der Waals surface area contributed by atoms with E-state index in [1.54, 1.807) is 47.1 Å². The first-order valence-electron chi connectivity index (χ1n) is 11.2. The van der Waals surface area contributed by atoms with Crippen molar-refractivity contribution in [3.8, 4) is 17.0 Å². The van der Waals surface area contributed by atoms with Crippen molar-refractivity contribution >= 4 is 17.5 Å². The molecule has 188 valence electrons. The number of amides is 2. The smallest absolute Gasteiger partial charge is 0.289 e. The summed E-state index contributed by atoms with van der Waals surface area (Å²) in [5, 5.41) is 4.02. The Bertz CT molecular complexity index is 1310. The maximum atomic E-state index is 13.9. The van der Waals surface area contributed by atoms with Crippen molar-refractivity contribution in [2.24, 2.45) is 0 Å². The molecule has 3 heterocycles. The summed E-state index contributed by atoms with van der Waals surface area (Å²) in [6, 6.07) is 8.07. The standard InChI is InChI=1S/C25H25F2N5O4/c1-4-21(36-5-2)25(34)31-12-10-30(11-13-31)24(33)18-15-28-32-20(22(26)27)14-19(29-23(18)32)16-6-8-17(35-3)9-7-16/h4-9,14-15,22H,2,10-13H2,1,3H3/b21-4-. The molecule has 9 nitrogen and oxygen atoms in total. The van der Waals surface area contributed by atoms with E-state index in [1.165, 1.54) is 25.6 Å². The number of aromatic nitrogens is 3. The number of fused-ring (bicyclic) bond motifs is 1. The van der Waals surface area contributed by atoms with E-state index < -0.39 is 12.3 Å². The molecule has 1 fully saturated rings. The Morgan fingerprint density at radius 2 is 1.78 bits per heavy atom. The number of allylic oxidation sites excluding steroid dienone is 1. The van der Waals surface area contributed by atoms with E-state index in [2.05, 4.69) is 16.7 Å². The Labute approximate surface area is 206 Å². The van der Waals surface area contributed by atoms with E-state index in [4.69, 9.17) is 9.47 Å². The van der Waals surface area contributed by atoms with Crippen LogP contribution in [0.15, 0.2) is 61.2 Å². The summed E-state index contributed by atoms with van der Waals surface area (Å²) in [6.07, 6.45) is 1.15. The summed E-state index contributed by atoms with van der Waals surface area (Å²) >= 11 is 0. The minimum Gasteiger partial charge on any atom is -0.497 e. The maximum absolute atomic E-state index is 13.9. The van der Waals surface area contributed by atoms with Gasteiger partial charge >= 0.3 is 0 Å². The summed E-state index contributed by atoms with van der Waals surface area (Å²) < 4.78 is 39.1. The van der Waals surface area contributed by atoms with Crippen LogP contribution >= 0.6 is 0 Å². The topological polar surface area (TPSA) is 89.3 Å². The van der Waals surface area contributed by atoms with Crippen molar-refractivity contribution in [1.29, 1.82) is 0 Å². The number of nitrogens with zero attached hydrogens (tertiary/aromatic N) is 5. The molecule has 1 aliphatic heterocycles. The number of carbonyl (C=O) groups excluding carboxylic acids is 2. The van der Waals surface area contributed by atoms with Gasteiger partial charge in [0.05, 0.1) is 25.3 Å². The van der Waals surface area contributed by atoms with Crippen LogP contribution in [-0.2, 0) is 9.53 Å². The fourth-order valence-electron chi connectivity index (χ4n) is 3.97. The van der Waals surface area contributed by atoms with Crippen LogP contribution in [0.2, 0.25) is 0 Å². The number of piperazine rings is 1. The zero-order valence-electron chi connectivity index (χ0n) is 19.9. The monoisotopic (exact) mass is 497 g/mol. The SMILES string of the molecule is C=CO/C(=C\C)C(=O)N1CCN(C(=O)c2cnn3c(C(F)F)cc(-c4ccc(OC)cc4)nc23)CC1. The number of hydrogen-bond donors (Lipinski definition) is 0. The number of ether oxygens (including phenoxy) is 2. The minimum atomic E-state index is -2.83. The Kier molecular flexibility index (Phi) is 7.28. The van der Waals surface area contributed by atoms with Crippen molar-refractivity contribution in [1.82, 2.24) is 24.4 Å². The maximum Gasteiger partial charge on any atom is 0.289 e. The van der Waals surface area contributed by atoms with Crippen LogP contribution in [0.4, 0.5) is 8.78 Å². The van der Waals surface area contributed by atoms with E-state index in [1.807, 2.05) is 0 Å². The molecule has 3 aromatic rings. The average molecular weight is 498 g/mol. The van der Waals surface area contributed by atoms with Crippen molar-refractivity contribution in [2.75, 3.05) is 33.3 Å². The average Bonchev–Trinajstić information content (AvgIpc) is 3.34. The molecule has 2 aromatic heterocycles. The molecule has 11 heteroatoms. The van der Waals surface area contributed by atoms with Gasteiger partial charge in [0, 0.05) is 31.7 Å². The lowest BCUT2D eigenvalue weighted by Crippen LogP contribution is -2.51. The molecule has 0 saturated carbocycles.